The number of fused-ring (bicyclic) bond motifs is 1. The zero-order chi connectivity index (χ0) is 15.9. The summed E-state index contributed by atoms with van der Waals surface area (Å²) in [5.74, 6) is -0.849. The zero-order valence-corrected chi connectivity index (χ0v) is 10.9. The molecule has 0 aliphatic rings. The maximum absolute atomic E-state index is 13.0. The molecule has 6 nitrogen and oxygen atoms in total. The highest BCUT2D eigenvalue weighted by Gasteiger charge is 2.21. The number of benzene rings is 2. The minimum absolute atomic E-state index is 0.0888. The molecule has 0 atom stereocenters. The Morgan fingerprint density at radius 3 is 2.50 bits per heavy atom. The summed E-state index contributed by atoms with van der Waals surface area (Å²) in [5, 5.41) is 20.7. The molecule has 2 aromatic carbocycles. The molecule has 7 heteroatoms. The van der Waals surface area contributed by atoms with Crippen molar-refractivity contribution in [3.05, 3.63) is 57.9 Å². The number of carbonyl (C=O) groups excluding carboxylic acids is 1. The molecule has 110 valence electrons. The average Bonchev–Trinajstić information content (AvgIpc) is 2.84. The van der Waals surface area contributed by atoms with E-state index in [9.17, 15) is 24.4 Å². The van der Waals surface area contributed by atoms with Crippen LogP contribution >= 0.6 is 0 Å². The molecule has 0 saturated heterocycles. The predicted molar refractivity (Wildman–Crippen MR) is 75.3 cm³/mol. The topological polar surface area (TPSA) is 93.6 Å². The maximum Gasteiger partial charge on any atom is 0.314 e. The molecule has 22 heavy (non-hydrogen) atoms. The number of aromatic hydroxyl groups is 1. The minimum atomic E-state index is -0.755. The molecule has 1 N–H and O–H groups in total. The van der Waals surface area contributed by atoms with E-state index in [2.05, 4.69) is 0 Å². The first-order chi connectivity index (χ1) is 10.5. The van der Waals surface area contributed by atoms with Crippen LogP contribution in [0.4, 0.5) is 10.1 Å². The Morgan fingerprint density at radius 1 is 1.23 bits per heavy atom. The quantitative estimate of drug-likeness (QED) is 0.452. The SMILES string of the molecule is O=Cc1c(-c2ccc(F)cc2)oc2cc([N+](=O)[O-])c(O)cc12. The van der Waals surface area contributed by atoms with Crippen LogP contribution in [-0.4, -0.2) is 16.3 Å². The lowest BCUT2D eigenvalue weighted by Gasteiger charge is -1.97. The number of hydrogen-bond donors (Lipinski definition) is 1. The van der Waals surface area contributed by atoms with E-state index in [0.29, 0.717) is 11.8 Å². The van der Waals surface area contributed by atoms with Crippen LogP contribution < -0.4 is 0 Å². The van der Waals surface area contributed by atoms with E-state index >= 15 is 0 Å². The zero-order valence-electron chi connectivity index (χ0n) is 10.9. The number of nitrogens with zero attached hydrogens (tertiary/aromatic N) is 1. The molecule has 0 unspecified atom stereocenters. The van der Waals surface area contributed by atoms with Crippen LogP contribution in [0.25, 0.3) is 22.3 Å². The Bertz CT molecular complexity index is 898. The number of furan rings is 1. The van der Waals surface area contributed by atoms with Gasteiger partial charge in [0.15, 0.2) is 12.0 Å². The van der Waals surface area contributed by atoms with Gasteiger partial charge in [-0.25, -0.2) is 4.39 Å². The van der Waals surface area contributed by atoms with Gasteiger partial charge in [0.2, 0.25) is 0 Å². The summed E-state index contributed by atoms with van der Waals surface area (Å²) in [6.07, 6.45) is 0.524. The molecule has 0 aliphatic heterocycles. The lowest BCUT2D eigenvalue weighted by molar-refractivity contribution is -0.385. The number of halogens is 1. The lowest BCUT2D eigenvalue weighted by Crippen LogP contribution is -1.88. The Morgan fingerprint density at radius 2 is 1.91 bits per heavy atom. The van der Waals surface area contributed by atoms with Crippen molar-refractivity contribution in [1.82, 2.24) is 0 Å². The number of rotatable bonds is 3. The molecular formula is C15H8FNO5. The highest BCUT2D eigenvalue weighted by atomic mass is 19.1. The second-order valence-corrected chi connectivity index (χ2v) is 4.56. The summed E-state index contributed by atoms with van der Waals surface area (Å²) in [4.78, 5) is 21.4. The molecule has 0 bridgehead atoms. The van der Waals surface area contributed by atoms with Gasteiger partial charge < -0.3 is 9.52 Å². The fraction of sp³-hybridized carbons (Fsp3) is 0. The molecule has 3 rings (SSSR count). The largest absolute Gasteiger partial charge is 0.502 e. The number of hydrogen-bond acceptors (Lipinski definition) is 5. The third kappa shape index (κ3) is 2.08. The van der Waals surface area contributed by atoms with E-state index in [4.69, 9.17) is 4.42 Å². The Hall–Kier alpha value is -3.22. The van der Waals surface area contributed by atoms with E-state index in [0.717, 1.165) is 12.1 Å². The molecule has 0 radical (unpaired) electrons. The molecule has 0 saturated carbocycles. The van der Waals surface area contributed by atoms with Crippen molar-refractivity contribution in [2.75, 3.05) is 0 Å². The first-order valence-electron chi connectivity index (χ1n) is 6.16. The van der Waals surface area contributed by atoms with E-state index in [-0.39, 0.29) is 22.3 Å². The van der Waals surface area contributed by atoms with Crippen molar-refractivity contribution in [3.8, 4) is 17.1 Å². The molecular weight excluding hydrogens is 293 g/mol. The van der Waals surface area contributed by atoms with Crippen LogP contribution in [0, 0.1) is 15.9 Å². The van der Waals surface area contributed by atoms with Crippen LogP contribution in [-0.2, 0) is 0 Å². The molecule has 0 spiro atoms. The molecule has 3 aromatic rings. The van der Waals surface area contributed by atoms with Crippen molar-refractivity contribution in [2.24, 2.45) is 0 Å². The number of carbonyl (C=O) groups is 1. The summed E-state index contributed by atoms with van der Waals surface area (Å²) in [6, 6.07) is 7.41. The Labute approximate surface area is 122 Å². The van der Waals surface area contributed by atoms with Crippen molar-refractivity contribution < 1.29 is 23.6 Å². The molecule has 1 heterocycles. The summed E-state index contributed by atoms with van der Waals surface area (Å²) in [6.45, 7) is 0. The van der Waals surface area contributed by atoms with Gasteiger partial charge in [0, 0.05) is 10.9 Å². The maximum atomic E-state index is 13.0. The van der Waals surface area contributed by atoms with Gasteiger partial charge in [-0.15, -0.1) is 0 Å². The number of aldehydes is 1. The van der Waals surface area contributed by atoms with Crippen LogP contribution in [0.15, 0.2) is 40.8 Å². The molecule has 0 fully saturated rings. The van der Waals surface area contributed by atoms with Gasteiger partial charge in [-0.05, 0) is 30.3 Å². The summed E-state index contributed by atoms with van der Waals surface area (Å²) < 4.78 is 18.5. The van der Waals surface area contributed by atoms with Crippen LogP contribution in [0.2, 0.25) is 0 Å². The van der Waals surface area contributed by atoms with Crippen LogP contribution in [0.1, 0.15) is 10.4 Å². The number of nitro groups is 1. The second kappa shape index (κ2) is 4.96. The van der Waals surface area contributed by atoms with Crippen LogP contribution in [0.3, 0.4) is 0 Å². The first-order valence-corrected chi connectivity index (χ1v) is 6.16. The normalized spacial score (nSPS) is 10.8. The molecule has 0 amide bonds. The van der Waals surface area contributed by atoms with Crippen molar-refractivity contribution in [2.45, 2.75) is 0 Å². The summed E-state index contributed by atoms with van der Waals surface area (Å²) in [5.41, 5.74) is 0.143. The smallest absolute Gasteiger partial charge is 0.314 e. The highest BCUT2D eigenvalue weighted by Crippen LogP contribution is 2.38. The lowest BCUT2D eigenvalue weighted by atomic mass is 10.1. The second-order valence-electron chi connectivity index (χ2n) is 4.56. The standard InChI is InChI=1S/C15H8FNO5/c16-9-3-1-8(2-4-9)15-11(7-18)10-5-13(19)12(17(20)21)6-14(10)22-15/h1-7,19H. The monoisotopic (exact) mass is 301 g/mol. The fourth-order valence-electron chi connectivity index (χ4n) is 2.22. The van der Waals surface area contributed by atoms with E-state index in [1.165, 1.54) is 24.3 Å². The number of phenols is 1. The van der Waals surface area contributed by atoms with Gasteiger partial charge in [-0.1, -0.05) is 0 Å². The highest BCUT2D eigenvalue weighted by molar-refractivity contribution is 6.03. The first kappa shape index (κ1) is 13.7. The van der Waals surface area contributed by atoms with Gasteiger partial charge in [-0.3, -0.25) is 14.9 Å². The number of phenolic OH excluding ortho intramolecular Hbond substituents is 1. The predicted octanol–water partition coefficient (Wildman–Crippen LogP) is 3.67. The third-order valence-corrected chi connectivity index (χ3v) is 3.24. The van der Waals surface area contributed by atoms with Gasteiger partial charge in [-0.2, -0.15) is 0 Å². The molecule has 1 aromatic heterocycles. The van der Waals surface area contributed by atoms with E-state index in [1.54, 1.807) is 0 Å². The van der Waals surface area contributed by atoms with Crippen LogP contribution in [0.5, 0.6) is 5.75 Å². The minimum Gasteiger partial charge on any atom is -0.502 e. The third-order valence-electron chi connectivity index (χ3n) is 3.24. The van der Waals surface area contributed by atoms with Crippen molar-refractivity contribution in [1.29, 1.82) is 0 Å². The summed E-state index contributed by atoms with van der Waals surface area (Å²) >= 11 is 0. The molecule has 0 aliphatic carbocycles. The Kier molecular flexibility index (Phi) is 3.10. The van der Waals surface area contributed by atoms with Gasteiger partial charge in [0.25, 0.3) is 0 Å². The summed E-state index contributed by atoms with van der Waals surface area (Å²) in [7, 11) is 0. The van der Waals surface area contributed by atoms with E-state index in [1.807, 2.05) is 0 Å². The van der Waals surface area contributed by atoms with Gasteiger partial charge in [0.1, 0.15) is 17.2 Å². The average molecular weight is 301 g/mol. The Balaban J connectivity index is 2.29. The van der Waals surface area contributed by atoms with Crippen molar-refractivity contribution >= 4 is 22.9 Å². The fourth-order valence-corrected chi connectivity index (χ4v) is 2.22. The van der Waals surface area contributed by atoms with Crippen molar-refractivity contribution in [3.63, 3.8) is 0 Å². The van der Waals surface area contributed by atoms with Gasteiger partial charge >= 0.3 is 5.69 Å². The van der Waals surface area contributed by atoms with E-state index < -0.39 is 22.2 Å². The number of nitro benzene ring substituents is 1. The van der Waals surface area contributed by atoms with Gasteiger partial charge in [0.05, 0.1) is 16.6 Å².